The average molecular weight is 409 g/mol. The van der Waals surface area contributed by atoms with Crippen molar-refractivity contribution in [3.05, 3.63) is 40.4 Å². The average Bonchev–Trinajstić information content (AvgIpc) is 3.13. The lowest BCUT2D eigenvalue weighted by Gasteiger charge is -2.33. The third kappa shape index (κ3) is 4.04. The molecule has 27 heavy (non-hydrogen) atoms. The van der Waals surface area contributed by atoms with Crippen LogP contribution < -0.4 is 0 Å². The maximum atomic E-state index is 12.9. The molecule has 1 amide bonds. The Morgan fingerprint density at radius 1 is 1.19 bits per heavy atom. The first-order valence-electron chi connectivity index (χ1n) is 9.03. The highest BCUT2D eigenvalue weighted by Gasteiger charge is 2.31. The van der Waals surface area contributed by atoms with Gasteiger partial charge in [0.25, 0.3) is 5.91 Å². The summed E-state index contributed by atoms with van der Waals surface area (Å²) in [5.41, 5.74) is 1.75. The van der Waals surface area contributed by atoms with Gasteiger partial charge in [-0.3, -0.25) is 4.79 Å². The first-order chi connectivity index (χ1) is 12.8. The first kappa shape index (κ1) is 19.9. The fraction of sp³-hybridized carbons (Fsp3) is 0.500. The Bertz CT molecular complexity index is 901. The molecule has 7 nitrogen and oxygen atoms in total. The summed E-state index contributed by atoms with van der Waals surface area (Å²) in [7, 11) is -3.55. The van der Waals surface area contributed by atoms with Crippen LogP contribution in [0.2, 0.25) is 0 Å². The summed E-state index contributed by atoms with van der Waals surface area (Å²) in [6.07, 6.45) is 1.01. The molecule has 0 unspecified atom stereocenters. The number of benzene rings is 1. The zero-order valence-electron chi connectivity index (χ0n) is 15.8. The second kappa shape index (κ2) is 8.04. The number of rotatable bonds is 5. The minimum absolute atomic E-state index is 0.127. The quantitative estimate of drug-likeness (QED) is 0.759. The number of hydrogen-bond donors (Lipinski definition) is 0. The van der Waals surface area contributed by atoms with E-state index in [4.69, 9.17) is 0 Å². The van der Waals surface area contributed by atoms with Crippen molar-refractivity contribution in [3.63, 3.8) is 0 Å². The Morgan fingerprint density at radius 3 is 2.33 bits per heavy atom. The van der Waals surface area contributed by atoms with E-state index in [0.29, 0.717) is 34.5 Å². The van der Waals surface area contributed by atoms with Gasteiger partial charge in [-0.2, -0.15) is 4.31 Å². The molecule has 1 fully saturated rings. The summed E-state index contributed by atoms with van der Waals surface area (Å²) in [6, 6.07) is 7.14. The summed E-state index contributed by atoms with van der Waals surface area (Å²) < 4.78 is 31.0. The molecule has 0 N–H and O–H groups in total. The van der Waals surface area contributed by atoms with E-state index in [1.54, 1.807) is 24.0 Å². The molecule has 1 atom stereocenters. The molecule has 9 heteroatoms. The molecule has 2 heterocycles. The molecule has 0 bridgehead atoms. The van der Waals surface area contributed by atoms with Crippen LogP contribution in [-0.4, -0.2) is 59.3 Å². The molecule has 1 aromatic carbocycles. The Balaban J connectivity index is 1.68. The van der Waals surface area contributed by atoms with Gasteiger partial charge < -0.3 is 4.90 Å². The molecule has 0 radical (unpaired) electrons. The number of aryl methyl sites for hydroxylation is 1. The molecule has 1 aliphatic rings. The molecule has 0 spiro atoms. The first-order valence-corrected chi connectivity index (χ1v) is 11.2. The fourth-order valence-electron chi connectivity index (χ4n) is 3.06. The second-order valence-corrected chi connectivity index (χ2v) is 9.45. The van der Waals surface area contributed by atoms with Crippen LogP contribution in [0.25, 0.3) is 0 Å². The van der Waals surface area contributed by atoms with Crippen molar-refractivity contribution in [3.8, 4) is 0 Å². The van der Waals surface area contributed by atoms with Crippen LogP contribution in [0.15, 0.2) is 29.2 Å². The largest absolute Gasteiger partial charge is 0.335 e. The van der Waals surface area contributed by atoms with E-state index in [0.717, 1.165) is 23.5 Å². The highest BCUT2D eigenvalue weighted by Crippen LogP contribution is 2.23. The predicted molar refractivity (Wildman–Crippen MR) is 104 cm³/mol. The summed E-state index contributed by atoms with van der Waals surface area (Å²) in [4.78, 5) is 15.0. The van der Waals surface area contributed by atoms with Crippen molar-refractivity contribution >= 4 is 27.5 Å². The van der Waals surface area contributed by atoms with Gasteiger partial charge in [0.2, 0.25) is 10.0 Å². The minimum atomic E-state index is -3.55. The SMILES string of the molecule is CC[C@@H](C)c1ccc(S(=O)(=O)N2CCN(C(=O)c3snnc3C)CC2)cc1. The van der Waals surface area contributed by atoms with Gasteiger partial charge in [-0.25, -0.2) is 8.42 Å². The van der Waals surface area contributed by atoms with E-state index in [9.17, 15) is 13.2 Å². The molecular formula is C18H24N4O3S2. The Labute approximate surface area is 164 Å². The van der Waals surface area contributed by atoms with Crippen LogP contribution in [-0.2, 0) is 10.0 Å². The number of hydrogen-bond acceptors (Lipinski definition) is 6. The molecule has 146 valence electrons. The zero-order chi connectivity index (χ0) is 19.6. The Hall–Kier alpha value is -1.84. The number of amides is 1. The minimum Gasteiger partial charge on any atom is -0.335 e. The predicted octanol–water partition coefficient (Wildman–Crippen LogP) is 2.51. The van der Waals surface area contributed by atoms with Gasteiger partial charge in [-0.05, 0) is 48.5 Å². The zero-order valence-corrected chi connectivity index (χ0v) is 17.4. The normalized spacial score (nSPS) is 17.1. The van der Waals surface area contributed by atoms with Gasteiger partial charge in [0, 0.05) is 26.2 Å². The van der Waals surface area contributed by atoms with Gasteiger partial charge in [0.1, 0.15) is 4.88 Å². The van der Waals surface area contributed by atoms with E-state index in [-0.39, 0.29) is 19.0 Å². The van der Waals surface area contributed by atoms with E-state index in [1.165, 1.54) is 4.31 Å². The van der Waals surface area contributed by atoms with E-state index in [1.807, 2.05) is 12.1 Å². The number of piperazine rings is 1. The lowest BCUT2D eigenvalue weighted by Crippen LogP contribution is -2.50. The monoisotopic (exact) mass is 408 g/mol. The van der Waals surface area contributed by atoms with E-state index < -0.39 is 10.0 Å². The number of sulfonamides is 1. The van der Waals surface area contributed by atoms with Crippen molar-refractivity contribution in [2.75, 3.05) is 26.2 Å². The van der Waals surface area contributed by atoms with Gasteiger partial charge in [0.05, 0.1) is 10.6 Å². The van der Waals surface area contributed by atoms with Gasteiger partial charge >= 0.3 is 0 Å². The summed E-state index contributed by atoms with van der Waals surface area (Å²) in [6.45, 7) is 7.28. The summed E-state index contributed by atoms with van der Waals surface area (Å²) >= 11 is 1.08. The van der Waals surface area contributed by atoms with Gasteiger partial charge in [0.15, 0.2) is 0 Å². The van der Waals surface area contributed by atoms with Gasteiger partial charge in [-0.1, -0.05) is 30.5 Å². The molecule has 1 aliphatic heterocycles. The van der Waals surface area contributed by atoms with Crippen LogP contribution in [0.4, 0.5) is 0 Å². The molecule has 1 aromatic heterocycles. The number of carbonyl (C=O) groups excluding carboxylic acids is 1. The number of aromatic nitrogens is 2. The lowest BCUT2D eigenvalue weighted by atomic mass is 9.99. The topological polar surface area (TPSA) is 83.5 Å². The number of carbonyl (C=O) groups is 1. The van der Waals surface area contributed by atoms with Crippen molar-refractivity contribution < 1.29 is 13.2 Å². The van der Waals surface area contributed by atoms with Crippen LogP contribution in [0.1, 0.15) is 47.1 Å². The van der Waals surface area contributed by atoms with E-state index in [2.05, 4.69) is 23.4 Å². The highest BCUT2D eigenvalue weighted by atomic mass is 32.2. The van der Waals surface area contributed by atoms with Crippen molar-refractivity contribution in [1.29, 1.82) is 0 Å². The molecule has 0 saturated carbocycles. The Kier molecular flexibility index (Phi) is 5.92. The van der Waals surface area contributed by atoms with Crippen LogP contribution in [0, 0.1) is 6.92 Å². The highest BCUT2D eigenvalue weighted by molar-refractivity contribution is 7.89. The molecule has 2 aromatic rings. The third-order valence-electron chi connectivity index (χ3n) is 5.07. The molecule has 1 saturated heterocycles. The second-order valence-electron chi connectivity index (χ2n) is 6.76. The van der Waals surface area contributed by atoms with Crippen molar-refractivity contribution in [2.45, 2.75) is 38.0 Å². The summed E-state index contributed by atoms with van der Waals surface area (Å²) in [5, 5.41) is 3.87. The molecule has 0 aliphatic carbocycles. The Morgan fingerprint density at radius 2 is 1.81 bits per heavy atom. The van der Waals surface area contributed by atoms with Crippen LogP contribution in [0.5, 0.6) is 0 Å². The third-order valence-corrected chi connectivity index (χ3v) is 7.80. The number of nitrogens with zero attached hydrogens (tertiary/aromatic N) is 4. The van der Waals surface area contributed by atoms with Gasteiger partial charge in [-0.15, -0.1) is 5.10 Å². The smallest absolute Gasteiger partial charge is 0.267 e. The maximum Gasteiger partial charge on any atom is 0.267 e. The summed E-state index contributed by atoms with van der Waals surface area (Å²) in [5.74, 6) is 0.276. The van der Waals surface area contributed by atoms with Crippen molar-refractivity contribution in [1.82, 2.24) is 18.8 Å². The standard InChI is InChI=1S/C18H24N4O3S2/c1-4-13(2)15-5-7-16(8-6-15)27(24,25)22-11-9-21(10-12-22)18(23)17-14(3)19-20-26-17/h5-8,13H,4,9-12H2,1-3H3/t13-/m1/s1. The fourth-order valence-corrected chi connectivity index (χ4v) is 5.10. The maximum absolute atomic E-state index is 12.9. The van der Waals surface area contributed by atoms with E-state index >= 15 is 0 Å². The molecular weight excluding hydrogens is 384 g/mol. The van der Waals surface area contributed by atoms with Crippen LogP contribution >= 0.6 is 11.5 Å². The van der Waals surface area contributed by atoms with Crippen LogP contribution in [0.3, 0.4) is 0 Å². The lowest BCUT2D eigenvalue weighted by molar-refractivity contribution is 0.0702. The van der Waals surface area contributed by atoms with Crippen molar-refractivity contribution in [2.24, 2.45) is 0 Å². The molecule has 3 rings (SSSR count).